The number of nitrogens with zero attached hydrogens (tertiary/aromatic N) is 1. The minimum absolute atomic E-state index is 0.216. The van der Waals surface area contributed by atoms with Crippen molar-refractivity contribution in [3.63, 3.8) is 0 Å². The van der Waals surface area contributed by atoms with Crippen molar-refractivity contribution in [1.82, 2.24) is 4.90 Å². The average molecular weight is 259 g/mol. The lowest BCUT2D eigenvalue weighted by atomic mass is 10.1. The van der Waals surface area contributed by atoms with Crippen LogP contribution in [-0.4, -0.2) is 23.5 Å². The summed E-state index contributed by atoms with van der Waals surface area (Å²) in [7, 11) is 0. The van der Waals surface area contributed by atoms with Crippen molar-refractivity contribution in [2.75, 3.05) is 6.61 Å². The summed E-state index contributed by atoms with van der Waals surface area (Å²) in [5.41, 5.74) is 1.48. The summed E-state index contributed by atoms with van der Waals surface area (Å²) in [6.45, 7) is 3.89. The van der Waals surface area contributed by atoms with E-state index in [1.54, 1.807) is 6.92 Å². The minimum atomic E-state index is -0.567. The van der Waals surface area contributed by atoms with Crippen molar-refractivity contribution in [3.8, 4) is 0 Å². The van der Waals surface area contributed by atoms with Crippen LogP contribution in [0.5, 0.6) is 0 Å². The molecular weight excluding hydrogens is 242 g/mol. The van der Waals surface area contributed by atoms with Gasteiger partial charge in [0.25, 0.3) is 5.91 Å². The molecule has 0 aliphatic carbocycles. The summed E-state index contributed by atoms with van der Waals surface area (Å²) in [6.07, 6.45) is 2.01. The van der Waals surface area contributed by atoms with E-state index in [1.807, 2.05) is 43.3 Å². The van der Waals surface area contributed by atoms with Gasteiger partial charge >= 0.3 is 6.09 Å². The van der Waals surface area contributed by atoms with Crippen molar-refractivity contribution < 1.29 is 14.3 Å². The number of hydrogen-bond acceptors (Lipinski definition) is 3. The van der Waals surface area contributed by atoms with Crippen molar-refractivity contribution in [1.29, 1.82) is 0 Å². The summed E-state index contributed by atoms with van der Waals surface area (Å²) >= 11 is 0. The highest BCUT2D eigenvalue weighted by molar-refractivity contribution is 6.03. The highest BCUT2D eigenvalue weighted by atomic mass is 16.6. The fraction of sp³-hybridized carbons (Fsp3) is 0.333. The van der Waals surface area contributed by atoms with Gasteiger partial charge in [0.05, 0.1) is 0 Å². The first-order valence-corrected chi connectivity index (χ1v) is 6.37. The Labute approximate surface area is 112 Å². The molecule has 1 aliphatic rings. The summed E-state index contributed by atoms with van der Waals surface area (Å²) in [6, 6.07) is 9.12. The Morgan fingerprint density at radius 2 is 2.11 bits per heavy atom. The van der Waals surface area contributed by atoms with E-state index < -0.39 is 6.09 Å². The summed E-state index contributed by atoms with van der Waals surface area (Å²) in [5, 5.41) is 0. The van der Waals surface area contributed by atoms with Gasteiger partial charge in [-0.05, 0) is 18.9 Å². The number of ether oxygens (including phenoxy) is 1. The predicted molar refractivity (Wildman–Crippen MR) is 71.4 cm³/mol. The molecule has 0 spiro atoms. The molecule has 100 valence electrons. The lowest BCUT2D eigenvalue weighted by Crippen LogP contribution is -2.34. The Hall–Kier alpha value is -2.10. The second kappa shape index (κ2) is 5.69. The molecule has 1 aromatic rings. The van der Waals surface area contributed by atoms with Gasteiger partial charge in [-0.25, -0.2) is 9.69 Å². The summed E-state index contributed by atoms with van der Waals surface area (Å²) < 4.78 is 5.02. The lowest BCUT2D eigenvalue weighted by molar-refractivity contribution is -0.125. The van der Waals surface area contributed by atoms with Crippen LogP contribution in [-0.2, 0) is 9.53 Å². The molecule has 0 unspecified atom stereocenters. The van der Waals surface area contributed by atoms with Gasteiger partial charge in [0.15, 0.2) is 0 Å². The van der Waals surface area contributed by atoms with Crippen molar-refractivity contribution >= 4 is 12.0 Å². The van der Waals surface area contributed by atoms with E-state index in [1.165, 1.54) is 4.90 Å². The highest BCUT2D eigenvalue weighted by Crippen LogP contribution is 2.28. The third kappa shape index (κ3) is 2.67. The number of benzene rings is 1. The maximum atomic E-state index is 12.3. The molecule has 2 amide bonds. The largest absolute Gasteiger partial charge is 0.446 e. The summed E-state index contributed by atoms with van der Waals surface area (Å²) in [4.78, 5) is 25.3. The maximum Gasteiger partial charge on any atom is 0.417 e. The first kappa shape index (κ1) is 13.3. The number of cyclic esters (lactones) is 1. The number of imide groups is 1. The van der Waals surface area contributed by atoms with E-state index in [-0.39, 0.29) is 18.6 Å². The van der Waals surface area contributed by atoms with Crippen LogP contribution in [0.2, 0.25) is 0 Å². The number of carbonyl (C=O) groups excluding carboxylic acids is 2. The van der Waals surface area contributed by atoms with Gasteiger partial charge in [0.2, 0.25) is 0 Å². The molecule has 1 saturated heterocycles. The first-order chi connectivity index (χ1) is 9.15. The maximum absolute atomic E-state index is 12.3. The zero-order valence-corrected chi connectivity index (χ0v) is 11.1. The zero-order chi connectivity index (χ0) is 13.8. The molecule has 0 bridgehead atoms. The molecule has 1 heterocycles. The number of rotatable bonds is 3. The van der Waals surface area contributed by atoms with Crippen LogP contribution in [0.3, 0.4) is 0 Å². The molecule has 0 N–H and O–H groups in total. The van der Waals surface area contributed by atoms with Gasteiger partial charge in [0.1, 0.15) is 12.6 Å². The molecule has 1 fully saturated rings. The van der Waals surface area contributed by atoms with Gasteiger partial charge in [-0.1, -0.05) is 43.3 Å². The van der Waals surface area contributed by atoms with Crippen LogP contribution in [0.15, 0.2) is 42.0 Å². The molecular formula is C15H17NO3. The number of hydrogen-bond donors (Lipinski definition) is 0. The standard InChI is InChI=1S/C15H17NO3/c1-3-7-11(2)14(17)16-13(10-19-15(16)18)12-8-5-4-6-9-12/h4-9,13H,3,10H2,1-2H3/b11-7+/t13-/m1/s1. The van der Waals surface area contributed by atoms with Crippen molar-refractivity contribution in [2.24, 2.45) is 0 Å². The van der Waals surface area contributed by atoms with E-state index in [4.69, 9.17) is 4.74 Å². The fourth-order valence-corrected chi connectivity index (χ4v) is 2.15. The smallest absolute Gasteiger partial charge is 0.417 e. The zero-order valence-electron chi connectivity index (χ0n) is 11.1. The van der Waals surface area contributed by atoms with Gasteiger partial charge in [-0.15, -0.1) is 0 Å². The molecule has 2 rings (SSSR count). The van der Waals surface area contributed by atoms with Gasteiger partial charge in [-0.3, -0.25) is 4.79 Å². The Balaban J connectivity index is 2.28. The Kier molecular flexibility index (Phi) is 4.00. The average Bonchev–Trinajstić information content (AvgIpc) is 2.81. The van der Waals surface area contributed by atoms with Crippen molar-refractivity contribution in [3.05, 3.63) is 47.5 Å². The van der Waals surface area contributed by atoms with Crippen LogP contribution in [0, 0.1) is 0 Å². The molecule has 0 radical (unpaired) electrons. The number of amides is 2. The Morgan fingerprint density at radius 1 is 1.42 bits per heavy atom. The minimum Gasteiger partial charge on any atom is -0.446 e. The van der Waals surface area contributed by atoms with Crippen molar-refractivity contribution in [2.45, 2.75) is 26.3 Å². The van der Waals surface area contributed by atoms with Crippen LogP contribution >= 0.6 is 0 Å². The number of carbonyl (C=O) groups is 2. The highest BCUT2D eigenvalue weighted by Gasteiger charge is 2.39. The SMILES string of the molecule is CC/C=C(\C)C(=O)N1C(=O)OC[C@@H]1c1ccccc1. The molecule has 1 aromatic carbocycles. The first-order valence-electron chi connectivity index (χ1n) is 6.37. The third-order valence-corrected chi connectivity index (χ3v) is 3.12. The van der Waals surface area contributed by atoms with Crippen LogP contribution in [0.4, 0.5) is 4.79 Å². The Bertz CT molecular complexity index is 507. The van der Waals surface area contributed by atoms with E-state index in [0.717, 1.165) is 12.0 Å². The molecule has 1 atom stereocenters. The molecule has 4 nitrogen and oxygen atoms in total. The molecule has 1 aliphatic heterocycles. The normalized spacial score (nSPS) is 19.5. The van der Waals surface area contributed by atoms with Gasteiger partial charge < -0.3 is 4.74 Å². The topological polar surface area (TPSA) is 46.6 Å². The second-order valence-electron chi connectivity index (χ2n) is 4.47. The van der Waals surface area contributed by atoms with Gasteiger partial charge in [-0.2, -0.15) is 0 Å². The van der Waals surface area contributed by atoms with E-state index >= 15 is 0 Å². The number of allylic oxidation sites excluding steroid dienone is 1. The molecule has 0 saturated carbocycles. The monoisotopic (exact) mass is 259 g/mol. The van der Waals surface area contributed by atoms with Gasteiger partial charge in [0, 0.05) is 5.57 Å². The van der Waals surface area contributed by atoms with E-state index in [9.17, 15) is 9.59 Å². The summed E-state index contributed by atoms with van der Waals surface area (Å²) in [5.74, 6) is -0.279. The fourth-order valence-electron chi connectivity index (χ4n) is 2.15. The third-order valence-electron chi connectivity index (χ3n) is 3.12. The second-order valence-corrected chi connectivity index (χ2v) is 4.47. The van der Waals surface area contributed by atoms with Crippen LogP contribution in [0.25, 0.3) is 0 Å². The van der Waals surface area contributed by atoms with Crippen LogP contribution < -0.4 is 0 Å². The molecule has 0 aromatic heterocycles. The molecule has 19 heavy (non-hydrogen) atoms. The Morgan fingerprint density at radius 3 is 2.74 bits per heavy atom. The predicted octanol–water partition coefficient (Wildman–Crippen LogP) is 3.06. The van der Waals surface area contributed by atoms with E-state index in [2.05, 4.69) is 0 Å². The molecule has 4 heteroatoms. The van der Waals surface area contributed by atoms with Crippen LogP contribution in [0.1, 0.15) is 31.9 Å². The lowest BCUT2D eigenvalue weighted by Gasteiger charge is -2.20. The van der Waals surface area contributed by atoms with E-state index in [0.29, 0.717) is 5.57 Å². The quantitative estimate of drug-likeness (QED) is 0.784.